The zero-order valence-corrected chi connectivity index (χ0v) is 43.6. The van der Waals surface area contributed by atoms with E-state index >= 15 is 0 Å². The van der Waals surface area contributed by atoms with Crippen LogP contribution in [0.1, 0.15) is 41.5 Å². The van der Waals surface area contributed by atoms with Crippen LogP contribution in [-0.2, 0) is 35.5 Å². The standard InChI is InChI=1S/C28H68O10Si8/c1-19(2)25(5,33-43(7,8)9)27(41-37-39,35-45(13,14)15)21(23(29)30)22(24(31)32)28(42-38-40,36-46(16,17)18)26(6,20(3)4)34-44(10,11)12/h19-20H,41-42H2,1-18,39-40H3,(H,29,30)(H,31,32)/b22-21+. The molecular weight excluding hydrogens is 721 g/mol. The molecule has 0 saturated heterocycles. The molecule has 0 fully saturated rings. The summed E-state index contributed by atoms with van der Waals surface area (Å²) >= 11 is 0. The molecule has 0 rings (SSSR count). The average molecular weight is 790 g/mol. The molecule has 0 amide bonds. The Morgan fingerprint density at radius 1 is 0.543 bits per heavy atom. The summed E-state index contributed by atoms with van der Waals surface area (Å²) in [5.74, 6) is -3.28. The Morgan fingerprint density at radius 3 is 0.891 bits per heavy atom. The third-order valence-electron chi connectivity index (χ3n) is 7.99. The van der Waals surface area contributed by atoms with Gasteiger partial charge in [0.2, 0.25) is 0 Å². The predicted octanol–water partition coefficient (Wildman–Crippen LogP) is 2.84. The first-order valence-electron chi connectivity index (χ1n) is 16.2. The third-order valence-corrected chi connectivity index (χ3v) is 18.1. The largest absolute Gasteiger partial charge is 0.478 e. The fourth-order valence-electron chi connectivity index (χ4n) is 6.31. The summed E-state index contributed by atoms with van der Waals surface area (Å²) in [5.41, 5.74) is -3.17. The first kappa shape index (κ1) is 46.2. The molecule has 0 aromatic rings. The number of rotatable bonds is 20. The van der Waals surface area contributed by atoms with Gasteiger partial charge in [0.25, 0.3) is 0 Å². The molecule has 2 N–H and O–H groups in total. The van der Waals surface area contributed by atoms with Crippen LogP contribution in [0.25, 0.3) is 0 Å². The molecule has 0 aromatic carbocycles. The zero-order chi connectivity index (χ0) is 37.1. The van der Waals surface area contributed by atoms with Gasteiger partial charge in [0.1, 0.15) is 31.4 Å². The Balaban J connectivity index is 9.48. The van der Waals surface area contributed by atoms with E-state index < -0.39 is 86.4 Å². The maximum absolute atomic E-state index is 14.1. The van der Waals surface area contributed by atoms with E-state index in [0.717, 1.165) is 0 Å². The highest BCUT2D eigenvalue weighted by Gasteiger charge is 2.66. The molecule has 18 heteroatoms. The summed E-state index contributed by atoms with van der Waals surface area (Å²) in [6.45, 7) is 36.0. The van der Waals surface area contributed by atoms with E-state index in [0.29, 0.717) is 21.0 Å². The smallest absolute Gasteiger partial charge is 0.334 e. The predicted molar refractivity (Wildman–Crippen MR) is 211 cm³/mol. The first-order valence-corrected chi connectivity index (χ1v) is 34.1. The minimum atomic E-state index is -2.63. The van der Waals surface area contributed by atoms with Crippen LogP contribution >= 0.6 is 0 Å². The average Bonchev–Trinajstić information content (AvgIpc) is 2.76. The minimum absolute atomic E-state index is 0.265. The number of carboxylic acid groups (broad SMARTS) is 2. The molecule has 10 nitrogen and oxygen atoms in total. The summed E-state index contributed by atoms with van der Waals surface area (Å²) < 4.78 is 40.8. The fraction of sp³-hybridized carbons (Fsp3) is 0.857. The topological polar surface area (TPSA) is 130 Å². The second-order valence-electron chi connectivity index (χ2n) is 17.3. The molecule has 0 saturated carbocycles. The van der Waals surface area contributed by atoms with Gasteiger partial charge in [-0.25, -0.2) is 9.59 Å². The van der Waals surface area contributed by atoms with Gasteiger partial charge < -0.3 is 36.1 Å². The van der Waals surface area contributed by atoms with Crippen LogP contribution in [0.4, 0.5) is 0 Å². The lowest BCUT2D eigenvalue weighted by atomic mass is 9.76. The number of hydrogen-bond donors (Lipinski definition) is 2. The molecule has 0 aromatic heterocycles. The van der Waals surface area contributed by atoms with Gasteiger partial charge in [-0.05, 0) is 104 Å². The Hall–Kier alpha value is 0.175. The summed E-state index contributed by atoms with van der Waals surface area (Å²) in [6.07, 6.45) is 0. The molecule has 0 spiro atoms. The summed E-state index contributed by atoms with van der Waals surface area (Å²) in [5, 5.41) is 19.7. The van der Waals surface area contributed by atoms with Crippen LogP contribution in [0.5, 0.6) is 0 Å². The molecule has 4 unspecified atom stereocenters. The number of hydrogen-bond acceptors (Lipinski definition) is 8. The number of carboxylic acids is 2. The second-order valence-corrected chi connectivity index (χ2v) is 42.2. The van der Waals surface area contributed by atoms with Crippen LogP contribution in [0, 0.1) is 11.8 Å². The maximum atomic E-state index is 14.1. The van der Waals surface area contributed by atoms with Crippen molar-refractivity contribution in [3.63, 3.8) is 0 Å². The van der Waals surface area contributed by atoms with Gasteiger partial charge in [0, 0.05) is 0 Å². The van der Waals surface area contributed by atoms with Crippen LogP contribution in [0.2, 0.25) is 78.6 Å². The molecule has 4 atom stereocenters. The fourth-order valence-corrected chi connectivity index (χ4v) is 21.4. The highest BCUT2D eigenvalue weighted by molar-refractivity contribution is 6.72. The van der Waals surface area contributed by atoms with Crippen molar-refractivity contribution in [2.24, 2.45) is 11.8 Å². The van der Waals surface area contributed by atoms with E-state index in [1.54, 1.807) is 0 Å². The Bertz CT molecular complexity index is 1010. The highest BCUT2D eigenvalue weighted by Crippen LogP contribution is 2.51. The van der Waals surface area contributed by atoms with Gasteiger partial charge in [-0.3, -0.25) is 0 Å². The summed E-state index contributed by atoms with van der Waals surface area (Å²) in [6, 6.07) is 0. The van der Waals surface area contributed by atoms with Crippen molar-refractivity contribution in [2.45, 2.75) is 142 Å². The molecule has 46 heavy (non-hydrogen) atoms. The van der Waals surface area contributed by atoms with E-state index in [1.165, 1.54) is 0 Å². The number of carbonyl (C=O) groups is 2. The summed E-state index contributed by atoms with van der Waals surface area (Å²) in [7, 11) is -13.4. The van der Waals surface area contributed by atoms with Gasteiger partial charge in [-0.2, -0.15) is 0 Å². The van der Waals surface area contributed by atoms with Crippen LogP contribution < -0.4 is 0 Å². The van der Waals surface area contributed by atoms with E-state index in [9.17, 15) is 19.8 Å². The lowest BCUT2D eigenvalue weighted by Crippen LogP contribution is -2.73. The highest BCUT2D eigenvalue weighted by atomic mass is 28.4. The van der Waals surface area contributed by atoms with Gasteiger partial charge in [0.15, 0.2) is 52.8 Å². The molecule has 0 aliphatic carbocycles. The van der Waals surface area contributed by atoms with Gasteiger partial charge in [-0.15, -0.1) is 0 Å². The van der Waals surface area contributed by atoms with Gasteiger partial charge in [0.05, 0.1) is 22.3 Å². The maximum Gasteiger partial charge on any atom is 0.334 e. The lowest BCUT2D eigenvalue weighted by molar-refractivity contribution is -0.146. The molecule has 0 aliphatic heterocycles. The normalized spacial score (nSPS) is 20.3. The van der Waals surface area contributed by atoms with Crippen molar-refractivity contribution < 1.29 is 45.7 Å². The lowest BCUT2D eigenvalue weighted by Gasteiger charge is -2.58. The van der Waals surface area contributed by atoms with Crippen molar-refractivity contribution >= 4 is 85.7 Å². The molecule has 272 valence electrons. The van der Waals surface area contributed by atoms with Gasteiger partial charge in [-0.1, -0.05) is 27.7 Å². The number of aliphatic carboxylic acids is 2. The summed E-state index contributed by atoms with van der Waals surface area (Å²) in [4.78, 5) is 28.3. The molecule has 0 radical (unpaired) electrons. The molecular formula is C28H68O10Si8. The van der Waals surface area contributed by atoms with E-state index in [-0.39, 0.29) is 23.0 Å². The van der Waals surface area contributed by atoms with Crippen LogP contribution in [0.3, 0.4) is 0 Å². The molecule has 0 bridgehead atoms. The van der Waals surface area contributed by atoms with Crippen molar-refractivity contribution in [1.82, 2.24) is 0 Å². The SMILES string of the molecule is CC(C)C(C)(O[Si](C)(C)C)C(O[Si](C)(C)C)([SiH2]O[SiH3])/C(C(=O)O)=C(\C(=O)O)C(O[Si](C)(C)C)([SiH2]O[SiH3])C(C)(O[Si](C)(C)C)C(C)C. The van der Waals surface area contributed by atoms with Gasteiger partial charge >= 0.3 is 11.9 Å². The first-order chi connectivity index (χ1) is 20.2. The second kappa shape index (κ2) is 16.0. The van der Waals surface area contributed by atoms with Crippen molar-refractivity contribution in [1.29, 1.82) is 0 Å². The van der Waals surface area contributed by atoms with E-state index in [2.05, 4.69) is 39.3 Å². The van der Waals surface area contributed by atoms with Crippen molar-refractivity contribution in [2.75, 3.05) is 0 Å². The monoisotopic (exact) mass is 788 g/mol. The Labute approximate surface area is 294 Å². The quantitative estimate of drug-likeness (QED) is 0.141. The molecule has 0 aliphatic rings. The van der Waals surface area contributed by atoms with E-state index in [1.807, 2.05) is 80.8 Å². The van der Waals surface area contributed by atoms with Crippen LogP contribution in [-0.4, -0.2) is 118 Å². The Morgan fingerprint density at radius 2 is 0.761 bits per heavy atom. The third kappa shape index (κ3) is 11.1. The van der Waals surface area contributed by atoms with E-state index in [4.69, 9.17) is 25.9 Å². The van der Waals surface area contributed by atoms with Crippen LogP contribution in [0.15, 0.2) is 11.1 Å². The van der Waals surface area contributed by atoms with Crippen molar-refractivity contribution in [3.8, 4) is 0 Å². The Kier molecular flexibility index (Phi) is 16.1. The minimum Gasteiger partial charge on any atom is -0.478 e. The zero-order valence-electron chi connectivity index (χ0n) is 32.7. The molecule has 0 heterocycles. The van der Waals surface area contributed by atoms with Crippen molar-refractivity contribution in [3.05, 3.63) is 11.1 Å².